The number of carbonyl (C=O) groups is 2. The molecule has 2 aliphatic heterocycles. The van der Waals surface area contributed by atoms with Crippen LogP contribution < -0.4 is 0 Å². The Morgan fingerprint density at radius 1 is 1.30 bits per heavy atom. The minimum Gasteiger partial charge on any atom is -0.342 e. The van der Waals surface area contributed by atoms with Gasteiger partial charge in [0.25, 0.3) is 0 Å². The summed E-state index contributed by atoms with van der Waals surface area (Å²) >= 11 is 1.59. The van der Waals surface area contributed by atoms with Crippen molar-refractivity contribution in [2.24, 2.45) is 5.92 Å². The molecule has 27 heavy (non-hydrogen) atoms. The molecule has 3 fully saturated rings. The first-order chi connectivity index (χ1) is 12.9. The van der Waals surface area contributed by atoms with Gasteiger partial charge in [-0.2, -0.15) is 0 Å². The Balaban J connectivity index is 1.43. The van der Waals surface area contributed by atoms with Gasteiger partial charge >= 0.3 is 0 Å². The molecule has 1 aromatic heterocycles. The molecular weight excluding hydrogens is 360 g/mol. The third kappa shape index (κ3) is 4.19. The fourth-order valence-electron chi connectivity index (χ4n) is 4.47. The lowest BCUT2D eigenvalue weighted by molar-refractivity contribution is -0.136. The summed E-state index contributed by atoms with van der Waals surface area (Å²) in [6.45, 7) is 6.10. The number of likely N-dealkylation sites (N-methyl/N-ethyl adjacent to an activating group) is 1. The lowest BCUT2D eigenvalue weighted by Crippen LogP contribution is -2.62. The molecule has 7 heteroatoms. The van der Waals surface area contributed by atoms with Gasteiger partial charge in [0.15, 0.2) is 0 Å². The van der Waals surface area contributed by atoms with Gasteiger partial charge in [0.2, 0.25) is 11.8 Å². The Hall–Kier alpha value is -1.47. The highest BCUT2D eigenvalue weighted by Crippen LogP contribution is 2.35. The van der Waals surface area contributed by atoms with E-state index in [9.17, 15) is 9.59 Å². The third-order valence-electron chi connectivity index (χ3n) is 6.53. The minimum absolute atomic E-state index is 0.0696. The van der Waals surface area contributed by atoms with Crippen molar-refractivity contribution in [1.29, 1.82) is 0 Å². The van der Waals surface area contributed by atoms with E-state index in [-0.39, 0.29) is 11.4 Å². The maximum Gasteiger partial charge on any atom is 0.228 e. The van der Waals surface area contributed by atoms with Crippen molar-refractivity contribution in [2.45, 2.75) is 51.0 Å². The Bertz CT molecular complexity index is 717. The highest BCUT2D eigenvalue weighted by molar-refractivity contribution is 7.09. The minimum atomic E-state index is -0.0696. The van der Waals surface area contributed by atoms with E-state index in [0.717, 1.165) is 62.2 Å². The van der Waals surface area contributed by atoms with E-state index >= 15 is 0 Å². The van der Waals surface area contributed by atoms with Gasteiger partial charge in [-0.15, -0.1) is 11.3 Å². The molecule has 2 saturated heterocycles. The molecule has 1 aromatic rings. The molecule has 1 aliphatic carbocycles. The molecule has 0 aromatic carbocycles. The Kier molecular flexibility index (Phi) is 5.25. The van der Waals surface area contributed by atoms with Crippen LogP contribution in [0.3, 0.4) is 0 Å². The lowest BCUT2D eigenvalue weighted by atomic mass is 9.86. The lowest BCUT2D eigenvalue weighted by Gasteiger charge is -2.49. The van der Waals surface area contributed by atoms with Crippen LogP contribution in [0.15, 0.2) is 5.38 Å². The van der Waals surface area contributed by atoms with E-state index < -0.39 is 0 Å². The number of hydrogen-bond acceptors (Lipinski definition) is 5. The average Bonchev–Trinajstić information content (AvgIpc) is 3.40. The average molecular weight is 391 g/mol. The fourth-order valence-corrected chi connectivity index (χ4v) is 5.08. The van der Waals surface area contributed by atoms with E-state index in [1.165, 1.54) is 12.8 Å². The fraction of sp³-hybridized carbons (Fsp3) is 0.750. The normalized spacial score (nSPS) is 27.3. The molecule has 4 rings (SSSR count). The topological polar surface area (TPSA) is 56.8 Å². The molecule has 0 N–H and O–H groups in total. The van der Waals surface area contributed by atoms with Gasteiger partial charge < -0.3 is 9.80 Å². The van der Waals surface area contributed by atoms with Crippen LogP contribution >= 0.6 is 11.3 Å². The van der Waals surface area contributed by atoms with Crippen molar-refractivity contribution in [1.82, 2.24) is 19.7 Å². The number of piperazine rings is 1. The van der Waals surface area contributed by atoms with Crippen molar-refractivity contribution in [3.8, 4) is 0 Å². The summed E-state index contributed by atoms with van der Waals surface area (Å²) in [5.74, 6) is 1.19. The highest BCUT2D eigenvalue weighted by Gasteiger charge is 2.43. The molecule has 0 bridgehead atoms. The predicted molar refractivity (Wildman–Crippen MR) is 106 cm³/mol. The standard InChI is InChI=1S/C20H30N4O2S/c1-15-21-17(13-27-15)11-19(26)24-10-9-22(2)20(14-24)6-5-18(25)23(8-7-20)12-16-3-4-16/h13,16H,3-12,14H2,1-2H3/t20-/m0/s1. The van der Waals surface area contributed by atoms with Crippen molar-refractivity contribution >= 4 is 23.2 Å². The molecule has 0 radical (unpaired) electrons. The Labute approximate surface area is 165 Å². The smallest absolute Gasteiger partial charge is 0.228 e. The monoisotopic (exact) mass is 390 g/mol. The number of nitrogens with zero attached hydrogens (tertiary/aromatic N) is 4. The molecule has 1 saturated carbocycles. The first kappa shape index (κ1) is 18.9. The number of thiazole rings is 1. The van der Waals surface area contributed by atoms with Crippen LogP contribution in [0.1, 0.15) is 42.8 Å². The second kappa shape index (κ2) is 7.51. The summed E-state index contributed by atoms with van der Waals surface area (Å²) in [5.41, 5.74) is 0.807. The zero-order valence-corrected chi connectivity index (χ0v) is 17.3. The van der Waals surface area contributed by atoms with Crippen LogP contribution in [0.25, 0.3) is 0 Å². The van der Waals surface area contributed by atoms with Crippen LogP contribution in [0, 0.1) is 12.8 Å². The van der Waals surface area contributed by atoms with Crippen LogP contribution in [0.2, 0.25) is 0 Å². The zero-order valence-electron chi connectivity index (χ0n) is 16.4. The molecular formula is C20H30N4O2S. The quantitative estimate of drug-likeness (QED) is 0.788. The molecule has 3 heterocycles. The van der Waals surface area contributed by atoms with Gasteiger partial charge in [0, 0.05) is 50.1 Å². The Morgan fingerprint density at radius 2 is 2.11 bits per heavy atom. The summed E-state index contributed by atoms with van der Waals surface area (Å²) in [6.07, 6.45) is 5.34. The van der Waals surface area contributed by atoms with Crippen LogP contribution in [0.5, 0.6) is 0 Å². The van der Waals surface area contributed by atoms with Crippen molar-refractivity contribution in [3.63, 3.8) is 0 Å². The van der Waals surface area contributed by atoms with Gasteiger partial charge in [-0.1, -0.05) is 0 Å². The van der Waals surface area contributed by atoms with E-state index in [1.54, 1.807) is 11.3 Å². The first-order valence-corrected chi connectivity index (χ1v) is 11.0. The van der Waals surface area contributed by atoms with Gasteiger partial charge in [0.1, 0.15) is 0 Å². The van der Waals surface area contributed by atoms with Gasteiger partial charge in [-0.3, -0.25) is 14.5 Å². The SMILES string of the molecule is Cc1nc(CC(=O)N2CCN(C)[C@]3(CCC(=O)N(CC4CC4)CC3)C2)cs1. The van der Waals surface area contributed by atoms with Gasteiger partial charge in [-0.05, 0) is 45.6 Å². The summed E-state index contributed by atoms with van der Waals surface area (Å²) in [4.78, 5) is 36.4. The Morgan fingerprint density at radius 3 is 2.81 bits per heavy atom. The van der Waals surface area contributed by atoms with Crippen molar-refractivity contribution < 1.29 is 9.59 Å². The van der Waals surface area contributed by atoms with Crippen molar-refractivity contribution in [3.05, 3.63) is 16.1 Å². The number of rotatable bonds is 4. The first-order valence-electron chi connectivity index (χ1n) is 10.1. The largest absolute Gasteiger partial charge is 0.342 e. The van der Waals surface area contributed by atoms with E-state index in [4.69, 9.17) is 0 Å². The van der Waals surface area contributed by atoms with Gasteiger partial charge in [0.05, 0.1) is 17.1 Å². The summed E-state index contributed by atoms with van der Waals surface area (Å²) in [5, 5.41) is 2.99. The molecule has 3 aliphatic rings. The zero-order chi connectivity index (χ0) is 19.0. The number of aromatic nitrogens is 1. The van der Waals surface area contributed by atoms with Gasteiger partial charge in [-0.25, -0.2) is 4.98 Å². The van der Waals surface area contributed by atoms with E-state index in [0.29, 0.717) is 18.7 Å². The van der Waals surface area contributed by atoms with Crippen LogP contribution in [-0.4, -0.2) is 76.8 Å². The van der Waals surface area contributed by atoms with Crippen molar-refractivity contribution in [2.75, 3.05) is 39.8 Å². The number of amides is 2. The molecule has 0 unspecified atom stereocenters. The molecule has 2 amide bonds. The summed E-state index contributed by atoms with van der Waals surface area (Å²) < 4.78 is 0. The number of likely N-dealkylation sites (tertiary alicyclic amines) is 1. The molecule has 6 nitrogen and oxygen atoms in total. The molecule has 148 valence electrons. The summed E-state index contributed by atoms with van der Waals surface area (Å²) in [6, 6.07) is 0. The number of aryl methyl sites for hydroxylation is 1. The molecule has 1 spiro atoms. The second-order valence-corrected chi connectivity index (χ2v) is 9.59. The summed E-state index contributed by atoms with van der Waals surface area (Å²) in [7, 11) is 2.16. The third-order valence-corrected chi connectivity index (χ3v) is 7.35. The van der Waals surface area contributed by atoms with Crippen LogP contribution in [0.4, 0.5) is 0 Å². The van der Waals surface area contributed by atoms with E-state index in [1.807, 2.05) is 17.2 Å². The number of carbonyl (C=O) groups excluding carboxylic acids is 2. The van der Waals surface area contributed by atoms with Crippen LogP contribution in [-0.2, 0) is 16.0 Å². The maximum absolute atomic E-state index is 12.9. The van der Waals surface area contributed by atoms with E-state index in [2.05, 4.69) is 21.8 Å². The highest BCUT2D eigenvalue weighted by atomic mass is 32.1. The maximum atomic E-state index is 12.9. The predicted octanol–water partition coefficient (Wildman–Crippen LogP) is 1.93. The molecule has 1 atom stereocenters. The second-order valence-electron chi connectivity index (χ2n) is 8.53. The number of hydrogen-bond donors (Lipinski definition) is 0.